The number of carboxylic acids is 1. The maximum Gasteiger partial charge on any atom is 0.326 e. The van der Waals surface area contributed by atoms with E-state index in [1.807, 2.05) is 0 Å². The summed E-state index contributed by atoms with van der Waals surface area (Å²) in [5.74, 6) is -3.04. The van der Waals surface area contributed by atoms with Crippen LogP contribution >= 0.6 is 0 Å². The highest BCUT2D eigenvalue weighted by Crippen LogP contribution is 2.08. The molecule has 0 aromatic heterocycles. The SMILES string of the molecule is CCC(=O)CC[C@@H](NC(=O)[C@@H](Cc1cccc(F)c1)NC(C)=O)C(=O)O. The largest absolute Gasteiger partial charge is 0.480 e. The van der Waals surface area contributed by atoms with E-state index in [-0.39, 0.29) is 31.5 Å². The second-order valence-corrected chi connectivity index (χ2v) is 5.92. The summed E-state index contributed by atoms with van der Waals surface area (Å²) < 4.78 is 13.3. The zero-order valence-electron chi connectivity index (χ0n) is 14.8. The van der Waals surface area contributed by atoms with Gasteiger partial charge < -0.3 is 15.7 Å². The van der Waals surface area contributed by atoms with Gasteiger partial charge in [0.2, 0.25) is 11.8 Å². The fourth-order valence-corrected chi connectivity index (χ4v) is 2.37. The Balaban J connectivity index is 2.83. The quantitative estimate of drug-likeness (QED) is 0.576. The molecule has 1 aromatic rings. The van der Waals surface area contributed by atoms with Crippen LogP contribution in [0.2, 0.25) is 0 Å². The van der Waals surface area contributed by atoms with Crippen LogP contribution in [0.3, 0.4) is 0 Å². The molecule has 7 nitrogen and oxygen atoms in total. The number of carbonyl (C=O) groups is 4. The zero-order chi connectivity index (χ0) is 19.7. The Morgan fingerprint density at radius 2 is 1.85 bits per heavy atom. The third-order valence-corrected chi connectivity index (χ3v) is 3.74. The van der Waals surface area contributed by atoms with Gasteiger partial charge in [-0.05, 0) is 24.1 Å². The van der Waals surface area contributed by atoms with Crippen LogP contribution in [0.5, 0.6) is 0 Å². The molecule has 2 atom stereocenters. The van der Waals surface area contributed by atoms with Gasteiger partial charge in [0.1, 0.15) is 23.7 Å². The van der Waals surface area contributed by atoms with Crippen molar-refractivity contribution in [1.29, 1.82) is 0 Å². The first-order valence-corrected chi connectivity index (χ1v) is 8.29. The van der Waals surface area contributed by atoms with Gasteiger partial charge in [-0.25, -0.2) is 9.18 Å². The lowest BCUT2D eigenvalue weighted by molar-refractivity contribution is -0.142. The summed E-state index contributed by atoms with van der Waals surface area (Å²) in [7, 11) is 0. The van der Waals surface area contributed by atoms with Gasteiger partial charge in [-0.3, -0.25) is 14.4 Å². The lowest BCUT2D eigenvalue weighted by Gasteiger charge is -2.21. The molecule has 0 spiro atoms. The fraction of sp³-hybridized carbons (Fsp3) is 0.444. The van der Waals surface area contributed by atoms with Crippen LogP contribution in [0.4, 0.5) is 4.39 Å². The van der Waals surface area contributed by atoms with E-state index in [4.69, 9.17) is 0 Å². The second-order valence-electron chi connectivity index (χ2n) is 5.92. The van der Waals surface area contributed by atoms with E-state index in [2.05, 4.69) is 10.6 Å². The molecule has 142 valence electrons. The lowest BCUT2D eigenvalue weighted by atomic mass is 10.0. The van der Waals surface area contributed by atoms with E-state index in [1.165, 1.54) is 25.1 Å². The highest BCUT2D eigenvalue weighted by molar-refractivity contribution is 5.90. The van der Waals surface area contributed by atoms with Gasteiger partial charge in [-0.2, -0.15) is 0 Å². The summed E-state index contributed by atoms with van der Waals surface area (Å²) in [5.41, 5.74) is 0.479. The molecule has 26 heavy (non-hydrogen) atoms. The van der Waals surface area contributed by atoms with Crippen molar-refractivity contribution in [3.63, 3.8) is 0 Å². The van der Waals surface area contributed by atoms with E-state index >= 15 is 0 Å². The van der Waals surface area contributed by atoms with Crippen LogP contribution in [0.1, 0.15) is 38.7 Å². The predicted molar refractivity (Wildman–Crippen MR) is 91.8 cm³/mol. The number of nitrogens with one attached hydrogen (secondary N) is 2. The summed E-state index contributed by atoms with van der Waals surface area (Å²) in [6.45, 7) is 2.89. The minimum absolute atomic E-state index is 0.00338. The first-order chi connectivity index (χ1) is 12.2. The fourth-order valence-electron chi connectivity index (χ4n) is 2.37. The van der Waals surface area contributed by atoms with Crippen LogP contribution < -0.4 is 10.6 Å². The maximum absolute atomic E-state index is 13.3. The molecular formula is C18H23FN2O5. The Bertz CT molecular complexity index is 677. The Labute approximate surface area is 151 Å². The van der Waals surface area contributed by atoms with Crippen LogP contribution in [0.25, 0.3) is 0 Å². The smallest absolute Gasteiger partial charge is 0.326 e. The molecule has 0 aliphatic carbocycles. The van der Waals surface area contributed by atoms with E-state index in [1.54, 1.807) is 13.0 Å². The Hall–Kier alpha value is -2.77. The van der Waals surface area contributed by atoms with Gasteiger partial charge in [0.25, 0.3) is 0 Å². The van der Waals surface area contributed by atoms with E-state index in [0.29, 0.717) is 5.56 Å². The minimum atomic E-state index is -1.27. The molecule has 0 fully saturated rings. The Morgan fingerprint density at radius 1 is 1.15 bits per heavy atom. The predicted octanol–water partition coefficient (Wildman–Crippen LogP) is 1.20. The van der Waals surface area contributed by atoms with Crippen LogP contribution in [0, 0.1) is 5.82 Å². The van der Waals surface area contributed by atoms with Crippen LogP contribution in [-0.4, -0.2) is 40.8 Å². The molecule has 3 N–H and O–H groups in total. The van der Waals surface area contributed by atoms with Crippen molar-refractivity contribution in [1.82, 2.24) is 10.6 Å². The number of ketones is 1. The van der Waals surface area contributed by atoms with Crippen molar-refractivity contribution in [2.24, 2.45) is 0 Å². The number of hydrogen-bond donors (Lipinski definition) is 3. The van der Waals surface area contributed by atoms with Crippen LogP contribution in [0.15, 0.2) is 24.3 Å². The summed E-state index contributed by atoms with van der Waals surface area (Å²) in [6, 6.07) is 3.25. The van der Waals surface area contributed by atoms with Gasteiger partial charge in [-0.1, -0.05) is 19.1 Å². The van der Waals surface area contributed by atoms with Crippen molar-refractivity contribution in [2.75, 3.05) is 0 Å². The highest BCUT2D eigenvalue weighted by Gasteiger charge is 2.26. The number of Topliss-reactive ketones (excluding diaryl/α,β-unsaturated/α-hetero) is 1. The first kappa shape index (κ1) is 21.3. The van der Waals surface area contributed by atoms with E-state index in [0.717, 1.165) is 0 Å². The van der Waals surface area contributed by atoms with Gasteiger partial charge in [0.05, 0.1) is 0 Å². The molecule has 0 heterocycles. The first-order valence-electron chi connectivity index (χ1n) is 8.29. The van der Waals surface area contributed by atoms with Crippen molar-refractivity contribution in [3.8, 4) is 0 Å². The van der Waals surface area contributed by atoms with Crippen molar-refractivity contribution in [2.45, 2.75) is 51.6 Å². The van der Waals surface area contributed by atoms with Gasteiger partial charge in [0.15, 0.2) is 0 Å². The Morgan fingerprint density at radius 3 is 2.38 bits per heavy atom. The normalized spacial score (nSPS) is 12.7. The number of rotatable bonds is 10. The average Bonchev–Trinajstić information content (AvgIpc) is 2.56. The van der Waals surface area contributed by atoms with Crippen molar-refractivity contribution >= 4 is 23.6 Å². The number of aliphatic carboxylic acids is 1. The molecule has 0 saturated heterocycles. The van der Waals surface area contributed by atoms with Crippen molar-refractivity contribution in [3.05, 3.63) is 35.6 Å². The topological polar surface area (TPSA) is 113 Å². The third-order valence-electron chi connectivity index (χ3n) is 3.74. The van der Waals surface area contributed by atoms with E-state index in [9.17, 15) is 28.7 Å². The number of carboxylic acid groups (broad SMARTS) is 1. The van der Waals surface area contributed by atoms with Crippen LogP contribution in [-0.2, 0) is 25.6 Å². The molecular weight excluding hydrogens is 343 g/mol. The lowest BCUT2D eigenvalue weighted by Crippen LogP contribution is -2.52. The van der Waals surface area contributed by atoms with Gasteiger partial charge >= 0.3 is 5.97 Å². The molecule has 0 bridgehead atoms. The van der Waals surface area contributed by atoms with E-state index < -0.39 is 35.7 Å². The minimum Gasteiger partial charge on any atom is -0.480 e. The summed E-state index contributed by atoms with van der Waals surface area (Å²) >= 11 is 0. The third kappa shape index (κ3) is 7.42. The number of benzene rings is 1. The van der Waals surface area contributed by atoms with Crippen molar-refractivity contribution < 1.29 is 28.7 Å². The average molecular weight is 366 g/mol. The molecule has 0 saturated carbocycles. The summed E-state index contributed by atoms with van der Waals surface area (Å²) in [4.78, 5) is 46.5. The molecule has 0 aliphatic heterocycles. The second kappa shape index (κ2) is 10.3. The maximum atomic E-state index is 13.3. The Kier molecular flexibility index (Phi) is 8.41. The number of hydrogen-bond acceptors (Lipinski definition) is 4. The highest BCUT2D eigenvalue weighted by atomic mass is 19.1. The monoisotopic (exact) mass is 366 g/mol. The number of carbonyl (C=O) groups excluding carboxylic acids is 3. The summed E-state index contributed by atoms with van der Waals surface area (Å²) in [6.07, 6.45) is 0.278. The molecule has 1 aromatic carbocycles. The molecule has 8 heteroatoms. The van der Waals surface area contributed by atoms with Gasteiger partial charge in [-0.15, -0.1) is 0 Å². The van der Waals surface area contributed by atoms with Gasteiger partial charge in [0, 0.05) is 26.2 Å². The number of halogens is 1. The molecule has 1 rings (SSSR count). The molecule has 2 amide bonds. The number of amides is 2. The molecule has 0 unspecified atom stereocenters. The zero-order valence-corrected chi connectivity index (χ0v) is 14.8. The molecule has 0 aliphatic rings. The standard InChI is InChI=1S/C18H23FN2O5/c1-3-14(23)7-8-15(18(25)26)21-17(24)16(20-11(2)22)10-12-5-4-6-13(19)9-12/h4-6,9,15-16H,3,7-8,10H2,1-2H3,(H,20,22)(H,21,24)(H,25,26)/t15-,16-/m1/s1. The summed E-state index contributed by atoms with van der Waals surface area (Å²) in [5, 5.41) is 14.0. The molecule has 0 radical (unpaired) electrons.